The van der Waals surface area contributed by atoms with Gasteiger partial charge in [0.2, 0.25) is 0 Å². The fourth-order valence-electron chi connectivity index (χ4n) is 1.02. The molecule has 0 bridgehead atoms. The number of aliphatic hydroxyl groups excluding tert-OH is 1. The van der Waals surface area contributed by atoms with Crippen LogP contribution in [-0.2, 0) is 9.53 Å². The lowest BCUT2D eigenvalue weighted by molar-refractivity contribution is -0.148. The molecule has 0 aliphatic heterocycles. The number of carbonyl (C=O) groups excluding carboxylic acids is 1. The summed E-state index contributed by atoms with van der Waals surface area (Å²) < 4.78 is 5.09. The number of esters is 1. The quantitative estimate of drug-likeness (QED) is 0.647. The maximum atomic E-state index is 11.0. The molecule has 0 saturated heterocycles. The van der Waals surface area contributed by atoms with Gasteiger partial charge in [-0.2, -0.15) is 0 Å². The molecule has 3 heteroatoms. The Morgan fingerprint density at radius 2 is 2.00 bits per heavy atom. The predicted molar refractivity (Wildman–Crippen MR) is 51.4 cm³/mol. The van der Waals surface area contributed by atoms with Crippen molar-refractivity contribution in [2.45, 2.75) is 58.7 Å². The highest BCUT2D eigenvalue weighted by Gasteiger charge is 2.09. The summed E-state index contributed by atoms with van der Waals surface area (Å²) in [6, 6.07) is 0. The highest BCUT2D eigenvalue weighted by Crippen LogP contribution is 2.06. The number of hydrogen-bond donors (Lipinski definition) is 1. The Morgan fingerprint density at radius 1 is 1.38 bits per heavy atom. The van der Waals surface area contributed by atoms with Crippen molar-refractivity contribution in [2.24, 2.45) is 0 Å². The molecule has 0 aliphatic carbocycles. The minimum absolute atomic E-state index is 0.0753. The maximum Gasteiger partial charge on any atom is 0.306 e. The van der Waals surface area contributed by atoms with Crippen molar-refractivity contribution < 1.29 is 14.6 Å². The van der Waals surface area contributed by atoms with E-state index in [-0.39, 0.29) is 18.2 Å². The third-order valence-corrected chi connectivity index (χ3v) is 1.78. The van der Waals surface area contributed by atoms with Crippen LogP contribution in [0.2, 0.25) is 0 Å². The van der Waals surface area contributed by atoms with Gasteiger partial charge in [0, 0.05) is 6.42 Å². The van der Waals surface area contributed by atoms with Crippen LogP contribution in [-0.4, -0.2) is 23.3 Å². The number of rotatable bonds is 6. The number of hydrogen-bond acceptors (Lipinski definition) is 3. The van der Waals surface area contributed by atoms with E-state index < -0.39 is 0 Å². The Morgan fingerprint density at radius 3 is 2.46 bits per heavy atom. The summed E-state index contributed by atoms with van der Waals surface area (Å²) in [7, 11) is 0. The van der Waals surface area contributed by atoms with E-state index in [0.29, 0.717) is 12.8 Å². The SMILES string of the molecule is CCCC(=O)OC(C)CCC(C)O. The van der Waals surface area contributed by atoms with Gasteiger partial charge in [0.15, 0.2) is 0 Å². The largest absolute Gasteiger partial charge is 0.463 e. The van der Waals surface area contributed by atoms with Crippen molar-refractivity contribution in [1.82, 2.24) is 0 Å². The van der Waals surface area contributed by atoms with E-state index in [2.05, 4.69) is 0 Å². The Kier molecular flexibility index (Phi) is 6.59. The first kappa shape index (κ1) is 12.4. The minimum Gasteiger partial charge on any atom is -0.463 e. The highest BCUT2D eigenvalue weighted by atomic mass is 16.5. The molecule has 2 atom stereocenters. The van der Waals surface area contributed by atoms with E-state index in [9.17, 15) is 4.79 Å². The van der Waals surface area contributed by atoms with Crippen LogP contribution in [0.25, 0.3) is 0 Å². The summed E-state index contributed by atoms with van der Waals surface area (Å²) in [4.78, 5) is 11.0. The molecule has 0 spiro atoms. The molecule has 0 fully saturated rings. The predicted octanol–water partition coefficient (Wildman–Crippen LogP) is 1.88. The molecule has 0 aliphatic rings. The van der Waals surface area contributed by atoms with Gasteiger partial charge in [0.1, 0.15) is 0 Å². The maximum absolute atomic E-state index is 11.0. The molecule has 0 rings (SSSR count). The third-order valence-electron chi connectivity index (χ3n) is 1.78. The Bertz CT molecular complexity index is 143. The van der Waals surface area contributed by atoms with Gasteiger partial charge in [0.05, 0.1) is 12.2 Å². The summed E-state index contributed by atoms with van der Waals surface area (Å²) in [5.41, 5.74) is 0. The van der Waals surface area contributed by atoms with Crippen LogP contribution in [0.3, 0.4) is 0 Å². The van der Waals surface area contributed by atoms with Gasteiger partial charge < -0.3 is 9.84 Å². The van der Waals surface area contributed by atoms with Crippen LogP contribution in [0.1, 0.15) is 46.5 Å². The Labute approximate surface area is 80.1 Å². The van der Waals surface area contributed by atoms with Gasteiger partial charge in [-0.3, -0.25) is 4.79 Å². The second-order valence-electron chi connectivity index (χ2n) is 3.48. The lowest BCUT2D eigenvalue weighted by Gasteiger charge is -2.13. The molecule has 0 aromatic carbocycles. The molecular weight excluding hydrogens is 168 g/mol. The average Bonchev–Trinajstić information content (AvgIpc) is 2.01. The topological polar surface area (TPSA) is 46.5 Å². The van der Waals surface area contributed by atoms with E-state index in [0.717, 1.165) is 12.8 Å². The number of ether oxygens (including phenoxy) is 1. The second-order valence-corrected chi connectivity index (χ2v) is 3.48. The van der Waals surface area contributed by atoms with Crippen LogP contribution in [0, 0.1) is 0 Å². The monoisotopic (exact) mass is 188 g/mol. The Balaban J connectivity index is 3.49. The van der Waals surface area contributed by atoms with E-state index >= 15 is 0 Å². The van der Waals surface area contributed by atoms with Crippen LogP contribution < -0.4 is 0 Å². The average molecular weight is 188 g/mol. The van der Waals surface area contributed by atoms with E-state index in [1.807, 2.05) is 13.8 Å². The normalized spacial score (nSPS) is 15.1. The summed E-state index contributed by atoms with van der Waals surface area (Å²) >= 11 is 0. The zero-order valence-corrected chi connectivity index (χ0v) is 8.75. The highest BCUT2D eigenvalue weighted by molar-refractivity contribution is 5.69. The molecule has 0 saturated carbocycles. The van der Waals surface area contributed by atoms with Crippen molar-refractivity contribution in [3.63, 3.8) is 0 Å². The van der Waals surface area contributed by atoms with Gasteiger partial charge >= 0.3 is 5.97 Å². The second kappa shape index (κ2) is 6.89. The fraction of sp³-hybridized carbons (Fsp3) is 0.900. The molecule has 2 unspecified atom stereocenters. The molecular formula is C10H20O3. The first-order valence-electron chi connectivity index (χ1n) is 4.93. The molecule has 0 heterocycles. The standard InChI is InChI=1S/C10H20O3/c1-4-5-10(12)13-9(3)7-6-8(2)11/h8-9,11H,4-7H2,1-3H3. The summed E-state index contributed by atoms with van der Waals surface area (Å²) in [5.74, 6) is -0.138. The van der Waals surface area contributed by atoms with Gasteiger partial charge in [-0.15, -0.1) is 0 Å². The van der Waals surface area contributed by atoms with E-state index in [1.54, 1.807) is 6.92 Å². The third kappa shape index (κ3) is 7.78. The first-order chi connectivity index (χ1) is 6.06. The number of carbonyl (C=O) groups is 1. The summed E-state index contributed by atoms with van der Waals surface area (Å²) in [6.07, 6.45) is 2.33. The molecule has 0 amide bonds. The lowest BCUT2D eigenvalue weighted by atomic mass is 10.1. The van der Waals surface area contributed by atoms with Crippen molar-refractivity contribution in [2.75, 3.05) is 0 Å². The van der Waals surface area contributed by atoms with Crippen molar-refractivity contribution in [3.05, 3.63) is 0 Å². The van der Waals surface area contributed by atoms with Crippen LogP contribution >= 0.6 is 0 Å². The minimum atomic E-state index is -0.313. The first-order valence-corrected chi connectivity index (χ1v) is 4.93. The van der Waals surface area contributed by atoms with Crippen molar-refractivity contribution in [3.8, 4) is 0 Å². The van der Waals surface area contributed by atoms with Gasteiger partial charge in [0.25, 0.3) is 0 Å². The molecule has 13 heavy (non-hydrogen) atoms. The number of aliphatic hydroxyl groups is 1. The molecule has 3 nitrogen and oxygen atoms in total. The van der Waals surface area contributed by atoms with E-state index in [4.69, 9.17) is 9.84 Å². The van der Waals surface area contributed by atoms with E-state index in [1.165, 1.54) is 0 Å². The molecule has 1 N–H and O–H groups in total. The summed E-state index contributed by atoms with van der Waals surface area (Å²) in [5, 5.41) is 9.00. The molecule has 0 aromatic heterocycles. The van der Waals surface area contributed by atoms with Gasteiger partial charge in [-0.05, 0) is 33.1 Å². The van der Waals surface area contributed by atoms with Gasteiger partial charge in [-0.1, -0.05) is 6.92 Å². The molecule has 0 aromatic rings. The Hall–Kier alpha value is -0.570. The van der Waals surface area contributed by atoms with Gasteiger partial charge in [-0.25, -0.2) is 0 Å². The molecule has 78 valence electrons. The smallest absolute Gasteiger partial charge is 0.306 e. The van der Waals surface area contributed by atoms with Crippen molar-refractivity contribution >= 4 is 5.97 Å². The van der Waals surface area contributed by atoms with Crippen LogP contribution in [0.4, 0.5) is 0 Å². The van der Waals surface area contributed by atoms with Crippen LogP contribution in [0.15, 0.2) is 0 Å². The van der Waals surface area contributed by atoms with Crippen molar-refractivity contribution in [1.29, 1.82) is 0 Å². The lowest BCUT2D eigenvalue weighted by Crippen LogP contribution is -2.16. The fourth-order valence-corrected chi connectivity index (χ4v) is 1.02. The zero-order chi connectivity index (χ0) is 10.3. The van der Waals surface area contributed by atoms with Crippen LogP contribution in [0.5, 0.6) is 0 Å². The summed E-state index contributed by atoms with van der Waals surface area (Å²) in [6.45, 7) is 5.54. The molecule has 0 radical (unpaired) electrons. The zero-order valence-electron chi connectivity index (χ0n) is 8.75.